The fourth-order valence-electron chi connectivity index (χ4n) is 2.12. The molecule has 0 unspecified atom stereocenters. The first-order valence-corrected chi connectivity index (χ1v) is 7.69. The maximum absolute atomic E-state index is 13.4. The molecule has 24 heavy (non-hydrogen) atoms. The van der Waals surface area contributed by atoms with E-state index in [1.54, 1.807) is 25.1 Å². The van der Waals surface area contributed by atoms with E-state index < -0.39 is 11.8 Å². The molecule has 0 N–H and O–H groups in total. The number of ether oxygens (including phenoxy) is 1. The summed E-state index contributed by atoms with van der Waals surface area (Å²) in [7, 11) is 0. The molecule has 3 aromatic rings. The highest BCUT2D eigenvalue weighted by molar-refractivity contribution is 6.42. The molecule has 0 saturated carbocycles. The molecule has 4 nitrogen and oxygen atoms in total. The van der Waals surface area contributed by atoms with E-state index in [1.165, 1.54) is 35.0 Å². The van der Waals surface area contributed by atoms with Crippen LogP contribution in [-0.4, -0.2) is 15.7 Å². The number of hydrogen-bond donors (Lipinski definition) is 0. The predicted octanol–water partition coefficient (Wildman–Crippen LogP) is 4.85. The van der Waals surface area contributed by atoms with Gasteiger partial charge in [0.25, 0.3) is 0 Å². The van der Waals surface area contributed by atoms with Gasteiger partial charge in [-0.25, -0.2) is 13.9 Å². The van der Waals surface area contributed by atoms with Crippen LogP contribution >= 0.6 is 23.2 Å². The van der Waals surface area contributed by atoms with E-state index in [1.807, 2.05) is 0 Å². The first-order chi connectivity index (χ1) is 11.4. The second-order valence-electron chi connectivity index (χ2n) is 5.03. The molecule has 0 aliphatic heterocycles. The number of esters is 1. The Hall–Kier alpha value is -2.37. The fraction of sp³-hybridized carbons (Fsp3) is 0.0588. The zero-order valence-corrected chi connectivity index (χ0v) is 14.0. The van der Waals surface area contributed by atoms with Gasteiger partial charge in [0, 0.05) is 6.07 Å². The number of carbonyl (C=O) groups excluding carboxylic acids is 1. The average Bonchev–Trinajstić information content (AvgIpc) is 2.90. The van der Waals surface area contributed by atoms with Gasteiger partial charge in [-0.15, -0.1) is 0 Å². The van der Waals surface area contributed by atoms with Crippen LogP contribution in [0.3, 0.4) is 0 Å². The molecule has 3 rings (SSSR count). The van der Waals surface area contributed by atoms with Gasteiger partial charge < -0.3 is 4.74 Å². The van der Waals surface area contributed by atoms with E-state index in [2.05, 4.69) is 5.10 Å². The Morgan fingerprint density at radius 1 is 1.12 bits per heavy atom. The number of carbonyl (C=O) groups is 1. The number of halogens is 3. The molecule has 2 aromatic carbocycles. The Kier molecular flexibility index (Phi) is 4.55. The first kappa shape index (κ1) is 16.5. The molecule has 122 valence electrons. The Bertz CT molecular complexity index is 925. The van der Waals surface area contributed by atoms with E-state index >= 15 is 0 Å². The van der Waals surface area contributed by atoms with Gasteiger partial charge in [0.1, 0.15) is 5.82 Å². The molecule has 0 bridgehead atoms. The van der Waals surface area contributed by atoms with Crippen molar-refractivity contribution in [2.45, 2.75) is 6.92 Å². The summed E-state index contributed by atoms with van der Waals surface area (Å²) in [5.74, 6) is -0.859. The van der Waals surface area contributed by atoms with Gasteiger partial charge in [0.2, 0.25) is 5.88 Å². The van der Waals surface area contributed by atoms with Crippen molar-refractivity contribution >= 4 is 29.2 Å². The monoisotopic (exact) mass is 364 g/mol. The minimum Gasteiger partial charge on any atom is -0.404 e. The van der Waals surface area contributed by atoms with Gasteiger partial charge in [-0.3, -0.25) is 0 Å². The van der Waals surface area contributed by atoms with Crippen molar-refractivity contribution in [3.63, 3.8) is 0 Å². The van der Waals surface area contributed by atoms with Crippen molar-refractivity contribution in [3.8, 4) is 11.6 Å². The third-order valence-corrected chi connectivity index (χ3v) is 3.94. The molecule has 0 radical (unpaired) electrons. The highest BCUT2D eigenvalue weighted by Gasteiger charge is 2.16. The molecule has 0 saturated heterocycles. The van der Waals surface area contributed by atoms with E-state index in [0.717, 1.165) is 0 Å². The van der Waals surface area contributed by atoms with E-state index in [9.17, 15) is 9.18 Å². The zero-order chi connectivity index (χ0) is 17.3. The highest BCUT2D eigenvalue weighted by Crippen LogP contribution is 2.25. The van der Waals surface area contributed by atoms with E-state index in [4.69, 9.17) is 27.9 Å². The van der Waals surface area contributed by atoms with Gasteiger partial charge in [-0.05, 0) is 43.3 Å². The fourth-order valence-corrected chi connectivity index (χ4v) is 2.42. The predicted molar refractivity (Wildman–Crippen MR) is 89.7 cm³/mol. The summed E-state index contributed by atoms with van der Waals surface area (Å²) in [6.07, 6.45) is 0. The second-order valence-corrected chi connectivity index (χ2v) is 5.85. The van der Waals surface area contributed by atoms with Crippen LogP contribution in [0.4, 0.5) is 4.39 Å². The quantitative estimate of drug-likeness (QED) is 0.624. The van der Waals surface area contributed by atoms with Crippen LogP contribution in [0.25, 0.3) is 5.69 Å². The topological polar surface area (TPSA) is 44.1 Å². The lowest BCUT2D eigenvalue weighted by Crippen LogP contribution is -2.12. The summed E-state index contributed by atoms with van der Waals surface area (Å²) in [5, 5.41) is 4.82. The minimum absolute atomic E-state index is 0.175. The van der Waals surface area contributed by atoms with Crippen molar-refractivity contribution in [2.75, 3.05) is 0 Å². The maximum atomic E-state index is 13.4. The summed E-state index contributed by atoms with van der Waals surface area (Å²) >= 11 is 11.7. The van der Waals surface area contributed by atoms with Gasteiger partial charge >= 0.3 is 5.97 Å². The van der Waals surface area contributed by atoms with Crippen LogP contribution in [-0.2, 0) is 0 Å². The largest absolute Gasteiger partial charge is 0.404 e. The van der Waals surface area contributed by atoms with E-state index in [-0.39, 0.29) is 16.5 Å². The number of hydrogen-bond acceptors (Lipinski definition) is 3. The summed E-state index contributed by atoms with van der Waals surface area (Å²) in [5.41, 5.74) is 1.31. The van der Waals surface area contributed by atoms with Crippen molar-refractivity contribution < 1.29 is 13.9 Å². The molecule has 1 heterocycles. The smallest absolute Gasteiger partial charge is 0.344 e. The van der Waals surface area contributed by atoms with Crippen LogP contribution in [0.5, 0.6) is 5.88 Å². The summed E-state index contributed by atoms with van der Waals surface area (Å²) in [6, 6.07) is 11.8. The number of aryl methyl sites for hydroxylation is 1. The number of rotatable bonds is 3. The van der Waals surface area contributed by atoms with Gasteiger partial charge in [-0.1, -0.05) is 29.3 Å². The number of benzene rings is 2. The molecule has 0 aliphatic carbocycles. The minimum atomic E-state index is -0.619. The lowest BCUT2D eigenvalue weighted by Gasteiger charge is -2.08. The summed E-state index contributed by atoms with van der Waals surface area (Å²) in [4.78, 5) is 12.3. The summed E-state index contributed by atoms with van der Waals surface area (Å²) < 4.78 is 20.2. The lowest BCUT2D eigenvalue weighted by molar-refractivity contribution is 0.0723. The first-order valence-electron chi connectivity index (χ1n) is 6.94. The molecule has 0 fully saturated rings. The Morgan fingerprint density at radius 3 is 2.62 bits per heavy atom. The van der Waals surface area contributed by atoms with Crippen LogP contribution in [0.2, 0.25) is 10.0 Å². The normalized spacial score (nSPS) is 10.7. The zero-order valence-electron chi connectivity index (χ0n) is 12.5. The molecule has 0 atom stereocenters. The molecule has 0 amide bonds. The molecule has 1 aromatic heterocycles. The van der Waals surface area contributed by atoms with Crippen molar-refractivity contribution in [1.82, 2.24) is 9.78 Å². The summed E-state index contributed by atoms with van der Waals surface area (Å²) in [6.45, 7) is 1.74. The third kappa shape index (κ3) is 3.42. The molecule has 7 heteroatoms. The molecular formula is C17H11Cl2FN2O2. The Balaban J connectivity index is 1.93. The standard InChI is InChI=1S/C17H11Cl2FN2O2/c1-10-7-16(22(21-10)13-4-2-3-12(20)9-13)24-17(23)11-5-6-14(18)15(19)8-11/h2-9H,1H3. The third-order valence-electron chi connectivity index (χ3n) is 3.20. The Morgan fingerprint density at radius 2 is 1.92 bits per heavy atom. The number of nitrogens with zero attached hydrogens (tertiary/aromatic N) is 2. The van der Waals surface area contributed by atoms with Crippen LogP contribution in [0.15, 0.2) is 48.5 Å². The lowest BCUT2D eigenvalue weighted by atomic mass is 10.2. The Labute approximate surface area is 147 Å². The second kappa shape index (κ2) is 6.63. The van der Waals surface area contributed by atoms with Gasteiger partial charge in [0.05, 0.1) is 27.0 Å². The molecule has 0 aliphatic rings. The molecule has 0 spiro atoms. The SMILES string of the molecule is Cc1cc(OC(=O)c2ccc(Cl)c(Cl)c2)n(-c2cccc(F)c2)n1. The maximum Gasteiger partial charge on any atom is 0.344 e. The van der Waals surface area contributed by atoms with Crippen LogP contribution in [0.1, 0.15) is 16.1 Å². The van der Waals surface area contributed by atoms with Gasteiger partial charge in [-0.2, -0.15) is 5.10 Å². The average molecular weight is 365 g/mol. The van der Waals surface area contributed by atoms with Crippen LogP contribution < -0.4 is 4.74 Å². The van der Waals surface area contributed by atoms with Crippen molar-refractivity contribution in [2.24, 2.45) is 0 Å². The van der Waals surface area contributed by atoms with Crippen LogP contribution in [0, 0.1) is 12.7 Å². The highest BCUT2D eigenvalue weighted by atomic mass is 35.5. The van der Waals surface area contributed by atoms with Crippen molar-refractivity contribution in [3.05, 3.63) is 75.7 Å². The number of aromatic nitrogens is 2. The van der Waals surface area contributed by atoms with Crippen molar-refractivity contribution in [1.29, 1.82) is 0 Å². The molecular weight excluding hydrogens is 354 g/mol. The van der Waals surface area contributed by atoms with Gasteiger partial charge in [0.15, 0.2) is 0 Å². The van der Waals surface area contributed by atoms with E-state index in [0.29, 0.717) is 16.4 Å².